The first-order chi connectivity index (χ1) is 7.70. The lowest BCUT2D eigenvalue weighted by molar-refractivity contribution is 0.795. The number of halogens is 1. The molecule has 16 heavy (non-hydrogen) atoms. The van der Waals surface area contributed by atoms with Gasteiger partial charge in [-0.3, -0.25) is 0 Å². The minimum atomic E-state index is 0.769. The van der Waals surface area contributed by atoms with Crippen LogP contribution in [0.15, 0.2) is 22.7 Å². The predicted octanol–water partition coefficient (Wildman–Crippen LogP) is 3.00. The third-order valence-corrected chi connectivity index (χ3v) is 3.67. The maximum Gasteiger partial charge on any atom is 0.148 e. The minimum Gasteiger partial charge on any atom is -0.313 e. The smallest absolute Gasteiger partial charge is 0.148 e. The van der Waals surface area contributed by atoms with Crippen LogP contribution in [0.25, 0.3) is 10.6 Å². The van der Waals surface area contributed by atoms with E-state index in [2.05, 4.69) is 50.5 Å². The van der Waals surface area contributed by atoms with Crippen molar-refractivity contribution in [2.24, 2.45) is 0 Å². The van der Waals surface area contributed by atoms with E-state index in [1.807, 2.05) is 13.1 Å². The highest BCUT2D eigenvalue weighted by molar-refractivity contribution is 9.10. The Bertz CT molecular complexity index is 496. The molecule has 2 aromatic rings. The van der Waals surface area contributed by atoms with Crippen molar-refractivity contribution in [3.05, 3.63) is 33.2 Å². The first kappa shape index (κ1) is 11.7. The van der Waals surface area contributed by atoms with Gasteiger partial charge in [-0.25, -0.2) is 0 Å². The number of hydrogen-bond donors (Lipinski definition) is 1. The van der Waals surface area contributed by atoms with Crippen LogP contribution < -0.4 is 5.32 Å². The molecule has 0 saturated carbocycles. The van der Waals surface area contributed by atoms with Crippen molar-refractivity contribution < 1.29 is 0 Å². The van der Waals surface area contributed by atoms with Gasteiger partial charge in [0.15, 0.2) is 0 Å². The normalized spacial score (nSPS) is 10.7. The molecule has 1 N–H and O–H groups in total. The molecule has 0 radical (unpaired) electrons. The van der Waals surface area contributed by atoms with E-state index >= 15 is 0 Å². The summed E-state index contributed by atoms with van der Waals surface area (Å²) < 4.78 is 1.07. The fourth-order valence-electron chi connectivity index (χ4n) is 1.41. The van der Waals surface area contributed by atoms with Crippen molar-refractivity contribution in [2.75, 3.05) is 7.05 Å². The summed E-state index contributed by atoms with van der Waals surface area (Å²) in [4.78, 5) is 0. The number of aromatic nitrogens is 2. The first-order valence-electron chi connectivity index (χ1n) is 4.94. The lowest BCUT2D eigenvalue weighted by atomic mass is 10.1. The summed E-state index contributed by atoms with van der Waals surface area (Å²) in [5.41, 5.74) is 2.37. The Hall–Kier alpha value is -0.780. The quantitative estimate of drug-likeness (QED) is 0.946. The van der Waals surface area contributed by atoms with Crippen molar-refractivity contribution in [1.29, 1.82) is 0 Å². The van der Waals surface area contributed by atoms with Crippen molar-refractivity contribution in [3.8, 4) is 10.6 Å². The van der Waals surface area contributed by atoms with E-state index in [0.717, 1.165) is 26.6 Å². The SMILES string of the molecule is CNCc1nnc(-c2cc(Br)ccc2C)s1. The van der Waals surface area contributed by atoms with Crippen LogP contribution in [0.3, 0.4) is 0 Å². The molecule has 5 heteroatoms. The largest absolute Gasteiger partial charge is 0.313 e. The van der Waals surface area contributed by atoms with Gasteiger partial charge < -0.3 is 5.32 Å². The number of aryl methyl sites for hydroxylation is 1. The number of hydrogen-bond acceptors (Lipinski definition) is 4. The van der Waals surface area contributed by atoms with Crippen molar-refractivity contribution in [1.82, 2.24) is 15.5 Å². The summed E-state index contributed by atoms with van der Waals surface area (Å²) in [5.74, 6) is 0. The van der Waals surface area contributed by atoms with E-state index in [1.165, 1.54) is 5.56 Å². The summed E-state index contributed by atoms with van der Waals surface area (Å²) >= 11 is 5.10. The van der Waals surface area contributed by atoms with Gasteiger partial charge in [-0.1, -0.05) is 33.3 Å². The molecule has 0 saturated heterocycles. The Morgan fingerprint density at radius 3 is 2.94 bits per heavy atom. The third kappa shape index (κ3) is 2.48. The molecular weight excluding hydrogens is 286 g/mol. The molecule has 0 fully saturated rings. The van der Waals surface area contributed by atoms with Crippen LogP contribution in [0.5, 0.6) is 0 Å². The zero-order valence-electron chi connectivity index (χ0n) is 9.12. The second-order valence-corrected chi connectivity index (χ2v) is 5.47. The maximum absolute atomic E-state index is 4.21. The molecule has 0 spiro atoms. The van der Waals surface area contributed by atoms with Crippen LogP contribution >= 0.6 is 27.3 Å². The van der Waals surface area contributed by atoms with Crippen molar-refractivity contribution >= 4 is 27.3 Å². The summed E-state index contributed by atoms with van der Waals surface area (Å²) in [6.07, 6.45) is 0. The topological polar surface area (TPSA) is 37.8 Å². The van der Waals surface area contributed by atoms with Gasteiger partial charge in [0, 0.05) is 16.6 Å². The summed E-state index contributed by atoms with van der Waals surface area (Å²) in [5, 5.41) is 13.4. The maximum atomic E-state index is 4.21. The predicted molar refractivity (Wildman–Crippen MR) is 70.5 cm³/mol. The molecule has 0 amide bonds. The summed E-state index contributed by atoms with van der Waals surface area (Å²) in [7, 11) is 1.91. The van der Waals surface area contributed by atoms with Crippen LogP contribution in [0.2, 0.25) is 0 Å². The lowest BCUT2D eigenvalue weighted by Crippen LogP contribution is -2.04. The number of nitrogens with zero attached hydrogens (tertiary/aromatic N) is 2. The molecule has 0 aliphatic heterocycles. The van der Waals surface area contributed by atoms with Gasteiger partial charge in [-0.15, -0.1) is 10.2 Å². The Balaban J connectivity index is 2.38. The van der Waals surface area contributed by atoms with E-state index in [1.54, 1.807) is 11.3 Å². The second-order valence-electron chi connectivity index (χ2n) is 3.49. The Kier molecular flexibility index (Phi) is 3.68. The Labute approximate surface area is 107 Å². The molecule has 84 valence electrons. The minimum absolute atomic E-state index is 0.769. The molecule has 0 bridgehead atoms. The number of benzene rings is 1. The molecule has 0 aliphatic carbocycles. The highest BCUT2D eigenvalue weighted by atomic mass is 79.9. The van der Waals surface area contributed by atoms with Crippen LogP contribution in [-0.4, -0.2) is 17.2 Å². The van der Waals surface area contributed by atoms with Gasteiger partial charge in [0.1, 0.15) is 10.0 Å². The summed E-state index contributed by atoms with van der Waals surface area (Å²) in [6, 6.07) is 6.20. The van der Waals surface area contributed by atoms with E-state index in [-0.39, 0.29) is 0 Å². The summed E-state index contributed by atoms with van der Waals surface area (Å²) in [6.45, 7) is 2.85. The van der Waals surface area contributed by atoms with Crippen LogP contribution in [0, 0.1) is 6.92 Å². The van der Waals surface area contributed by atoms with E-state index in [4.69, 9.17) is 0 Å². The zero-order valence-corrected chi connectivity index (χ0v) is 11.5. The van der Waals surface area contributed by atoms with Crippen LogP contribution in [0.1, 0.15) is 10.6 Å². The monoisotopic (exact) mass is 297 g/mol. The fourth-order valence-corrected chi connectivity index (χ4v) is 2.70. The van der Waals surface area contributed by atoms with Gasteiger partial charge in [-0.2, -0.15) is 0 Å². The first-order valence-corrected chi connectivity index (χ1v) is 6.55. The van der Waals surface area contributed by atoms with E-state index in [0.29, 0.717) is 0 Å². The molecule has 1 aromatic heterocycles. The average molecular weight is 298 g/mol. The third-order valence-electron chi connectivity index (χ3n) is 2.22. The van der Waals surface area contributed by atoms with Crippen LogP contribution in [0.4, 0.5) is 0 Å². The van der Waals surface area contributed by atoms with E-state index < -0.39 is 0 Å². The number of nitrogens with one attached hydrogen (secondary N) is 1. The molecule has 1 aromatic carbocycles. The molecule has 3 nitrogen and oxygen atoms in total. The standard InChI is InChI=1S/C11H12BrN3S/c1-7-3-4-8(12)5-9(7)11-15-14-10(16-11)6-13-2/h3-5,13H,6H2,1-2H3. The van der Waals surface area contributed by atoms with Gasteiger partial charge >= 0.3 is 0 Å². The second kappa shape index (κ2) is 5.03. The molecule has 0 atom stereocenters. The highest BCUT2D eigenvalue weighted by Gasteiger charge is 2.08. The van der Waals surface area contributed by atoms with Gasteiger partial charge in [0.05, 0.1) is 0 Å². The molecule has 0 unspecified atom stereocenters. The van der Waals surface area contributed by atoms with Gasteiger partial charge in [-0.05, 0) is 31.7 Å². The van der Waals surface area contributed by atoms with Gasteiger partial charge in [0.2, 0.25) is 0 Å². The molecular formula is C11H12BrN3S. The molecule has 0 aliphatic rings. The number of rotatable bonds is 3. The van der Waals surface area contributed by atoms with Crippen LogP contribution in [-0.2, 0) is 6.54 Å². The zero-order chi connectivity index (χ0) is 11.5. The Morgan fingerprint density at radius 2 is 2.19 bits per heavy atom. The molecule has 1 heterocycles. The van der Waals surface area contributed by atoms with Crippen molar-refractivity contribution in [3.63, 3.8) is 0 Å². The highest BCUT2D eigenvalue weighted by Crippen LogP contribution is 2.29. The average Bonchev–Trinajstić information content (AvgIpc) is 2.71. The van der Waals surface area contributed by atoms with Gasteiger partial charge in [0.25, 0.3) is 0 Å². The fraction of sp³-hybridized carbons (Fsp3) is 0.273. The lowest BCUT2D eigenvalue weighted by Gasteiger charge is -2.01. The van der Waals surface area contributed by atoms with E-state index in [9.17, 15) is 0 Å². The molecule has 2 rings (SSSR count). The van der Waals surface area contributed by atoms with Crippen molar-refractivity contribution in [2.45, 2.75) is 13.5 Å². The Morgan fingerprint density at radius 1 is 1.38 bits per heavy atom.